The molecule has 0 fully saturated rings. The Hall–Kier alpha value is -1.55. The normalized spacial score (nSPS) is 12.1. The first kappa shape index (κ1) is 14.5. The van der Waals surface area contributed by atoms with Crippen molar-refractivity contribution in [1.29, 1.82) is 0 Å². The third-order valence-electron chi connectivity index (χ3n) is 3.06. The minimum Gasteiger partial charge on any atom is -0.496 e. The molecule has 100 valence electrons. The van der Waals surface area contributed by atoms with Crippen molar-refractivity contribution < 1.29 is 9.53 Å². The van der Waals surface area contributed by atoms with Crippen LogP contribution >= 0.6 is 0 Å². The summed E-state index contributed by atoms with van der Waals surface area (Å²) in [7, 11) is 5.14. The first-order chi connectivity index (χ1) is 8.54. The molecule has 4 heteroatoms. The number of hydrogen-bond donors (Lipinski definition) is 1. The molecule has 0 aromatic heterocycles. The topological polar surface area (TPSA) is 55.6 Å². The van der Waals surface area contributed by atoms with Crippen LogP contribution in [-0.4, -0.2) is 38.6 Å². The SMILES string of the molecule is CCc1cc(C(CN)C(=O)N(C)C)ccc1OC. The molecule has 1 aromatic rings. The van der Waals surface area contributed by atoms with Crippen LogP contribution in [0.1, 0.15) is 24.0 Å². The van der Waals surface area contributed by atoms with Gasteiger partial charge in [-0.2, -0.15) is 0 Å². The first-order valence-corrected chi connectivity index (χ1v) is 6.13. The van der Waals surface area contributed by atoms with E-state index >= 15 is 0 Å². The van der Waals surface area contributed by atoms with Crippen molar-refractivity contribution in [3.05, 3.63) is 29.3 Å². The number of likely N-dealkylation sites (N-methyl/N-ethyl adjacent to an activating group) is 1. The van der Waals surface area contributed by atoms with Crippen LogP contribution in [0.15, 0.2) is 18.2 Å². The summed E-state index contributed by atoms with van der Waals surface area (Å²) in [4.78, 5) is 13.6. The Morgan fingerprint density at radius 2 is 2.11 bits per heavy atom. The first-order valence-electron chi connectivity index (χ1n) is 6.13. The summed E-state index contributed by atoms with van der Waals surface area (Å²) in [5.74, 6) is 0.607. The molecule has 0 bridgehead atoms. The van der Waals surface area contributed by atoms with Gasteiger partial charge in [0, 0.05) is 20.6 Å². The molecule has 0 spiro atoms. The third-order valence-corrected chi connectivity index (χ3v) is 3.06. The molecule has 1 atom stereocenters. The summed E-state index contributed by atoms with van der Waals surface area (Å²) in [5, 5.41) is 0. The van der Waals surface area contributed by atoms with Gasteiger partial charge in [-0.1, -0.05) is 19.1 Å². The maximum atomic E-state index is 12.0. The van der Waals surface area contributed by atoms with E-state index in [1.54, 1.807) is 26.1 Å². The number of nitrogens with two attached hydrogens (primary N) is 1. The summed E-state index contributed by atoms with van der Waals surface area (Å²) in [6.45, 7) is 2.37. The highest BCUT2D eigenvalue weighted by atomic mass is 16.5. The Bertz CT molecular complexity index is 416. The average molecular weight is 250 g/mol. The van der Waals surface area contributed by atoms with Gasteiger partial charge in [-0.05, 0) is 23.6 Å². The second-order valence-electron chi connectivity index (χ2n) is 4.45. The molecular weight excluding hydrogens is 228 g/mol. The van der Waals surface area contributed by atoms with Gasteiger partial charge < -0.3 is 15.4 Å². The number of methoxy groups -OCH3 is 1. The van der Waals surface area contributed by atoms with Crippen LogP contribution in [0.4, 0.5) is 0 Å². The number of aryl methyl sites for hydroxylation is 1. The lowest BCUT2D eigenvalue weighted by Crippen LogP contribution is -2.32. The molecule has 0 radical (unpaired) electrons. The van der Waals surface area contributed by atoms with Crippen LogP contribution in [0.25, 0.3) is 0 Å². The minimum absolute atomic E-state index is 0.0321. The maximum Gasteiger partial charge on any atom is 0.230 e. The molecule has 0 saturated heterocycles. The number of rotatable bonds is 5. The van der Waals surface area contributed by atoms with Crippen molar-refractivity contribution >= 4 is 5.91 Å². The smallest absolute Gasteiger partial charge is 0.230 e. The lowest BCUT2D eigenvalue weighted by atomic mass is 9.95. The van der Waals surface area contributed by atoms with Gasteiger partial charge in [-0.25, -0.2) is 0 Å². The van der Waals surface area contributed by atoms with E-state index in [0.29, 0.717) is 6.54 Å². The predicted octanol–water partition coefficient (Wildman–Crippen LogP) is 1.39. The lowest BCUT2D eigenvalue weighted by Gasteiger charge is -2.20. The molecule has 1 aromatic carbocycles. The number of hydrogen-bond acceptors (Lipinski definition) is 3. The van der Waals surface area contributed by atoms with Crippen molar-refractivity contribution in [2.24, 2.45) is 5.73 Å². The molecule has 18 heavy (non-hydrogen) atoms. The molecule has 1 amide bonds. The largest absolute Gasteiger partial charge is 0.496 e. The van der Waals surface area contributed by atoms with Gasteiger partial charge in [0.2, 0.25) is 5.91 Å². The summed E-state index contributed by atoms with van der Waals surface area (Å²) >= 11 is 0. The fourth-order valence-electron chi connectivity index (χ4n) is 1.98. The molecule has 0 saturated carbocycles. The van der Waals surface area contributed by atoms with E-state index in [2.05, 4.69) is 6.92 Å². The van der Waals surface area contributed by atoms with Gasteiger partial charge >= 0.3 is 0 Å². The summed E-state index contributed by atoms with van der Waals surface area (Å²) < 4.78 is 5.29. The number of carbonyl (C=O) groups excluding carboxylic acids is 1. The number of amides is 1. The zero-order valence-electron chi connectivity index (χ0n) is 11.6. The molecule has 1 rings (SSSR count). The van der Waals surface area contributed by atoms with Crippen LogP contribution in [0.3, 0.4) is 0 Å². The molecule has 0 aliphatic carbocycles. The van der Waals surface area contributed by atoms with Crippen LogP contribution in [0.5, 0.6) is 5.75 Å². The quantitative estimate of drug-likeness (QED) is 0.859. The zero-order chi connectivity index (χ0) is 13.7. The van der Waals surface area contributed by atoms with E-state index in [4.69, 9.17) is 10.5 Å². The van der Waals surface area contributed by atoms with Crippen molar-refractivity contribution in [3.8, 4) is 5.75 Å². The molecule has 0 heterocycles. The van der Waals surface area contributed by atoms with Crippen LogP contribution < -0.4 is 10.5 Å². The minimum atomic E-state index is -0.281. The van der Waals surface area contributed by atoms with E-state index in [9.17, 15) is 4.79 Å². The predicted molar refractivity (Wildman–Crippen MR) is 72.9 cm³/mol. The van der Waals surface area contributed by atoms with Gasteiger partial charge in [0.15, 0.2) is 0 Å². The van der Waals surface area contributed by atoms with Gasteiger partial charge in [0.1, 0.15) is 5.75 Å². The van der Waals surface area contributed by atoms with Crippen molar-refractivity contribution in [2.45, 2.75) is 19.3 Å². The molecule has 0 aliphatic rings. The fraction of sp³-hybridized carbons (Fsp3) is 0.500. The van der Waals surface area contributed by atoms with Crippen molar-refractivity contribution in [3.63, 3.8) is 0 Å². The number of ether oxygens (including phenoxy) is 1. The summed E-state index contributed by atoms with van der Waals surface area (Å²) in [5.41, 5.74) is 7.78. The second kappa shape index (κ2) is 6.40. The summed E-state index contributed by atoms with van der Waals surface area (Å²) in [6, 6.07) is 5.83. The maximum absolute atomic E-state index is 12.0. The van der Waals surface area contributed by atoms with Gasteiger partial charge in [-0.15, -0.1) is 0 Å². The monoisotopic (exact) mass is 250 g/mol. The third kappa shape index (κ3) is 3.01. The van der Waals surface area contributed by atoms with Gasteiger partial charge in [0.25, 0.3) is 0 Å². The number of benzene rings is 1. The average Bonchev–Trinajstić information content (AvgIpc) is 2.39. The zero-order valence-corrected chi connectivity index (χ0v) is 11.6. The Kier molecular flexibility index (Phi) is 5.16. The highest BCUT2D eigenvalue weighted by Crippen LogP contribution is 2.25. The highest BCUT2D eigenvalue weighted by Gasteiger charge is 2.21. The van der Waals surface area contributed by atoms with Crippen LogP contribution in [0, 0.1) is 0 Å². The number of nitrogens with zero attached hydrogens (tertiary/aromatic N) is 1. The Balaban J connectivity index is 3.11. The fourth-order valence-corrected chi connectivity index (χ4v) is 1.98. The van der Waals surface area contributed by atoms with E-state index in [1.807, 2.05) is 18.2 Å². The Morgan fingerprint density at radius 3 is 2.56 bits per heavy atom. The van der Waals surface area contributed by atoms with Crippen molar-refractivity contribution in [1.82, 2.24) is 4.90 Å². The Morgan fingerprint density at radius 1 is 1.44 bits per heavy atom. The molecule has 0 aliphatic heterocycles. The summed E-state index contributed by atoms with van der Waals surface area (Å²) in [6.07, 6.45) is 0.866. The number of carbonyl (C=O) groups is 1. The standard InChI is InChI=1S/C14H22N2O2/c1-5-10-8-11(6-7-13(10)18-4)12(9-15)14(17)16(2)3/h6-8,12H,5,9,15H2,1-4H3. The second-order valence-corrected chi connectivity index (χ2v) is 4.45. The van der Waals surface area contributed by atoms with E-state index < -0.39 is 0 Å². The van der Waals surface area contributed by atoms with Crippen LogP contribution in [0.2, 0.25) is 0 Å². The van der Waals surface area contributed by atoms with Crippen LogP contribution in [-0.2, 0) is 11.2 Å². The molecule has 2 N–H and O–H groups in total. The molecular formula is C14H22N2O2. The molecule has 1 unspecified atom stereocenters. The lowest BCUT2D eigenvalue weighted by molar-refractivity contribution is -0.130. The van der Waals surface area contributed by atoms with Gasteiger partial charge in [0.05, 0.1) is 13.0 Å². The highest BCUT2D eigenvalue weighted by molar-refractivity contribution is 5.83. The van der Waals surface area contributed by atoms with E-state index in [0.717, 1.165) is 23.3 Å². The molecule has 4 nitrogen and oxygen atoms in total. The van der Waals surface area contributed by atoms with E-state index in [-0.39, 0.29) is 11.8 Å². The Labute approximate surface area is 109 Å². The van der Waals surface area contributed by atoms with Gasteiger partial charge in [-0.3, -0.25) is 4.79 Å². The van der Waals surface area contributed by atoms with E-state index in [1.165, 1.54) is 0 Å². The van der Waals surface area contributed by atoms with Crippen molar-refractivity contribution in [2.75, 3.05) is 27.7 Å².